The van der Waals surface area contributed by atoms with Gasteiger partial charge in [0.05, 0.1) is 18.8 Å². The molecule has 1 amide bonds. The summed E-state index contributed by atoms with van der Waals surface area (Å²) in [6.07, 6.45) is 65.8. The third kappa shape index (κ3) is 47.1. The van der Waals surface area contributed by atoms with E-state index in [-0.39, 0.29) is 6.61 Å². The highest BCUT2D eigenvalue weighted by molar-refractivity contribution is 5.80. The molecule has 0 saturated heterocycles. The first-order valence-electron chi connectivity index (χ1n) is 28.5. The predicted molar refractivity (Wildman–Crippen MR) is 273 cm³/mol. The van der Waals surface area contributed by atoms with Gasteiger partial charge in [0.1, 0.15) is 6.10 Å². The molecule has 0 aromatic carbocycles. The van der Waals surface area contributed by atoms with Gasteiger partial charge in [-0.1, -0.05) is 315 Å². The summed E-state index contributed by atoms with van der Waals surface area (Å²) in [7, 11) is 0. The molecular formula is C57H113NO4. The van der Waals surface area contributed by atoms with Crippen LogP contribution in [0.15, 0.2) is 12.2 Å². The van der Waals surface area contributed by atoms with E-state index in [9.17, 15) is 20.1 Å². The number of rotatable bonds is 53. The van der Waals surface area contributed by atoms with E-state index in [1.54, 1.807) is 6.08 Å². The van der Waals surface area contributed by atoms with Crippen molar-refractivity contribution in [2.24, 2.45) is 0 Å². The summed E-state index contributed by atoms with van der Waals surface area (Å²) < 4.78 is 0. The second-order valence-corrected chi connectivity index (χ2v) is 19.9. The Balaban J connectivity index is 3.54. The molecule has 0 radical (unpaired) electrons. The summed E-state index contributed by atoms with van der Waals surface area (Å²) in [5, 5.41) is 33.4. The van der Waals surface area contributed by atoms with Gasteiger partial charge in [0.2, 0.25) is 5.91 Å². The number of carbonyl (C=O) groups is 1. The van der Waals surface area contributed by atoms with Crippen molar-refractivity contribution in [1.82, 2.24) is 5.32 Å². The fourth-order valence-corrected chi connectivity index (χ4v) is 9.19. The van der Waals surface area contributed by atoms with Gasteiger partial charge in [-0.15, -0.1) is 0 Å². The standard InChI is InChI=1S/C57H113NO4/c1-3-5-7-9-11-13-15-17-19-21-23-25-27-28-30-32-34-36-38-40-42-44-46-48-50-52-56(61)57(62)58-54(53-59)55(60)51-49-47-45-43-41-39-37-35-33-31-29-26-24-22-20-18-16-14-12-10-8-6-4-2/h49,51,54-56,59-61H,3-48,50,52-53H2,1-2H3,(H,58,62)/b51-49+. The van der Waals surface area contributed by atoms with Crippen molar-refractivity contribution < 1.29 is 20.1 Å². The molecule has 0 heterocycles. The molecule has 0 saturated carbocycles. The zero-order valence-electron chi connectivity index (χ0n) is 42.3. The fourth-order valence-electron chi connectivity index (χ4n) is 9.19. The van der Waals surface area contributed by atoms with Gasteiger partial charge >= 0.3 is 0 Å². The van der Waals surface area contributed by atoms with Gasteiger partial charge in [-0.05, 0) is 19.3 Å². The van der Waals surface area contributed by atoms with E-state index in [1.165, 1.54) is 270 Å². The molecule has 3 unspecified atom stereocenters. The summed E-state index contributed by atoms with van der Waals surface area (Å²) in [6, 6.07) is -0.794. The molecule has 5 nitrogen and oxygen atoms in total. The van der Waals surface area contributed by atoms with Crippen LogP contribution in [0, 0.1) is 0 Å². The quantitative estimate of drug-likeness (QED) is 0.0362. The van der Waals surface area contributed by atoms with Crippen LogP contribution in [0.25, 0.3) is 0 Å². The fraction of sp³-hybridized carbons (Fsp3) is 0.947. The van der Waals surface area contributed by atoms with E-state index in [2.05, 4.69) is 19.2 Å². The Morgan fingerprint density at radius 3 is 0.887 bits per heavy atom. The Labute approximate surface area is 389 Å². The summed E-state index contributed by atoms with van der Waals surface area (Å²) in [5.41, 5.74) is 0. The Hall–Kier alpha value is -0.910. The van der Waals surface area contributed by atoms with Crippen molar-refractivity contribution in [3.63, 3.8) is 0 Å². The minimum absolute atomic E-state index is 0.358. The molecule has 0 aliphatic carbocycles. The number of unbranched alkanes of at least 4 members (excludes halogenated alkanes) is 45. The number of allylic oxidation sites excluding steroid dienone is 1. The van der Waals surface area contributed by atoms with Crippen molar-refractivity contribution in [2.75, 3.05) is 6.61 Å². The number of hydrogen-bond acceptors (Lipinski definition) is 4. The minimum atomic E-state index is -1.09. The molecule has 370 valence electrons. The summed E-state index contributed by atoms with van der Waals surface area (Å²) in [6.45, 7) is 4.23. The van der Waals surface area contributed by atoms with E-state index in [1.807, 2.05) is 6.08 Å². The predicted octanol–water partition coefficient (Wildman–Crippen LogP) is 17.5. The molecule has 4 N–H and O–H groups in total. The first kappa shape index (κ1) is 61.1. The monoisotopic (exact) mass is 876 g/mol. The number of aliphatic hydroxyl groups is 3. The van der Waals surface area contributed by atoms with Gasteiger partial charge in [-0.3, -0.25) is 4.79 Å². The summed E-state index contributed by atoms with van der Waals surface area (Å²) in [4.78, 5) is 12.6. The van der Waals surface area contributed by atoms with Crippen LogP contribution in [0.1, 0.15) is 322 Å². The highest BCUT2D eigenvalue weighted by atomic mass is 16.3. The van der Waals surface area contributed by atoms with Crippen LogP contribution in [-0.4, -0.2) is 46.1 Å². The molecule has 0 aliphatic heterocycles. The smallest absolute Gasteiger partial charge is 0.249 e. The largest absolute Gasteiger partial charge is 0.394 e. The Morgan fingerprint density at radius 2 is 0.629 bits per heavy atom. The number of amides is 1. The second kappa shape index (κ2) is 52.7. The van der Waals surface area contributed by atoms with Crippen LogP contribution in [0.4, 0.5) is 0 Å². The van der Waals surface area contributed by atoms with Crippen molar-refractivity contribution in [2.45, 2.75) is 340 Å². The number of hydrogen-bond donors (Lipinski definition) is 4. The maximum Gasteiger partial charge on any atom is 0.249 e. The molecule has 0 aromatic rings. The topological polar surface area (TPSA) is 89.8 Å². The maximum atomic E-state index is 12.6. The Bertz CT molecular complexity index is 879. The van der Waals surface area contributed by atoms with Crippen molar-refractivity contribution >= 4 is 5.91 Å². The lowest BCUT2D eigenvalue weighted by atomic mass is 10.0. The molecule has 0 bridgehead atoms. The summed E-state index contributed by atoms with van der Waals surface area (Å²) in [5.74, 6) is -0.495. The first-order valence-corrected chi connectivity index (χ1v) is 28.5. The van der Waals surface area contributed by atoms with Crippen LogP contribution in [0.2, 0.25) is 0 Å². The van der Waals surface area contributed by atoms with Crippen LogP contribution in [0.3, 0.4) is 0 Å². The van der Waals surface area contributed by atoms with Gasteiger partial charge in [0.15, 0.2) is 0 Å². The Kier molecular flexibility index (Phi) is 51.9. The highest BCUT2D eigenvalue weighted by Gasteiger charge is 2.22. The van der Waals surface area contributed by atoms with Crippen LogP contribution in [0.5, 0.6) is 0 Å². The lowest BCUT2D eigenvalue weighted by Gasteiger charge is -2.21. The molecule has 0 rings (SSSR count). The van der Waals surface area contributed by atoms with E-state index < -0.39 is 24.2 Å². The SMILES string of the molecule is CCCCCCCCCCCCCCCCCCCCCCC/C=C/C(O)C(CO)NC(=O)C(O)CCCCCCCCCCCCCCCCCCCCCCCCCCC. The van der Waals surface area contributed by atoms with Gasteiger partial charge in [-0.2, -0.15) is 0 Å². The van der Waals surface area contributed by atoms with Gasteiger partial charge in [0.25, 0.3) is 0 Å². The minimum Gasteiger partial charge on any atom is -0.394 e. The zero-order valence-corrected chi connectivity index (χ0v) is 42.3. The number of carbonyl (C=O) groups excluding carboxylic acids is 1. The Morgan fingerprint density at radius 1 is 0.387 bits per heavy atom. The van der Waals surface area contributed by atoms with E-state index >= 15 is 0 Å². The molecule has 62 heavy (non-hydrogen) atoms. The average Bonchev–Trinajstić information content (AvgIpc) is 3.28. The van der Waals surface area contributed by atoms with E-state index in [0.29, 0.717) is 6.42 Å². The molecular weight excluding hydrogens is 763 g/mol. The van der Waals surface area contributed by atoms with Crippen LogP contribution >= 0.6 is 0 Å². The number of nitrogens with one attached hydrogen (secondary N) is 1. The molecule has 5 heteroatoms. The summed E-state index contributed by atoms with van der Waals surface area (Å²) >= 11 is 0. The lowest BCUT2D eigenvalue weighted by molar-refractivity contribution is -0.131. The molecule has 0 fully saturated rings. The first-order chi connectivity index (χ1) is 30.6. The molecule has 0 spiro atoms. The molecule has 3 atom stereocenters. The van der Waals surface area contributed by atoms with Crippen LogP contribution < -0.4 is 5.32 Å². The van der Waals surface area contributed by atoms with E-state index in [0.717, 1.165) is 32.1 Å². The van der Waals surface area contributed by atoms with Crippen molar-refractivity contribution in [1.29, 1.82) is 0 Å². The maximum absolute atomic E-state index is 12.6. The average molecular weight is 877 g/mol. The highest BCUT2D eigenvalue weighted by Crippen LogP contribution is 2.18. The van der Waals surface area contributed by atoms with Crippen molar-refractivity contribution in [3.8, 4) is 0 Å². The third-order valence-corrected chi connectivity index (χ3v) is 13.6. The van der Waals surface area contributed by atoms with Gasteiger partial charge in [0, 0.05) is 0 Å². The van der Waals surface area contributed by atoms with Gasteiger partial charge in [-0.25, -0.2) is 0 Å². The van der Waals surface area contributed by atoms with Crippen LogP contribution in [-0.2, 0) is 4.79 Å². The molecule has 0 aromatic heterocycles. The molecule has 0 aliphatic rings. The van der Waals surface area contributed by atoms with Crippen molar-refractivity contribution in [3.05, 3.63) is 12.2 Å². The second-order valence-electron chi connectivity index (χ2n) is 19.9. The zero-order chi connectivity index (χ0) is 45.1. The lowest BCUT2D eigenvalue weighted by Crippen LogP contribution is -2.48. The normalized spacial score (nSPS) is 13.3. The third-order valence-electron chi connectivity index (χ3n) is 13.6. The van der Waals surface area contributed by atoms with E-state index in [4.69, 9.17) is 0 Å². The van der Waals surface area contributed by atoms with Gasteiger partial charge < -0.3 is 20.6 Å². The number of aliphatic hydroxyl groups excluding tert-OH is 3.